The van der Waals surface area contributed by atoms with E-state index < -0.39 is 67.8 Å². The minimum atomic E-state index is -4.17. The van der Waals surface area contributed by atoms with Crippen molar-refractivity contribution in [3.05, 3.63) is 24.6 Å². The van der Waals surface area contributed by atoms with Crippen LogP contribution in [0.1, 0.15) is 41.0 Å². The summed E-state index contributed by atoms with van der Waals surface area (Å²) in [6, 6.07) is -0.495. The average molecular weight is 541 g/mol. The van der Waals surface area contributed by atoms with Gasteiger partial charge in [-0.2, -0.15) is 0 Å². The maximum atomic E-state index is 13.3. The number of ether oxygens (including phenoxy) is 3. The fourth-order valence-corrected chi connectivity index (χ4v) is 5.52. The number of hydrogen-bond acceptors (Lipinski definition) is 10. The molecule has 3 aliphatic rings. The first kappa shape index (κ1) is 28.9. The summed E-state index contributed by atoms with van der Waals surface area (Å²) in [4.78, 5) is 38.7. The van der Waals surface area contributed by atoms with Crippen LogP contribution in [0.25, 0.3) is 0 Å². The molecule has 0 saturated carbocycles. The molecule has 0 bridgehead atoms. The van der Waals surface area contributed by atoms with Gasteiger partial charge < -0.3 is 19.5 Å². The van der Waals surface area contributed by atoms with E-state index in [1.165, 1.54) is 11.1 Å². The van der Waals surface area contributed by atoms with Gasteiger partial charge >= 0.3 is 25.8 Å². The van der Waals surface area contributed by atoms with Gasteiger partial charge in [0.05, 0.1) is 25.4 Å². The normalized spacial score (nSPS) is 31.3. The van der Waals surface area contributed by atoms with E-state index in [9.17, 15) is 18.9 Å². The van der Waals surface area contributed by atoms with Gasteiger partial charge in [-0.1, -0.05) is 12.5 Å². The molecular weight excluding hydrogens is 507 g/mol. The van der Waals surface area contributed by atoms with Crippen LogP contribution in [0.15, 0.2) is 24.6 Å². The van der Waals surface area contributed by atoms with Gasteiger partial charge in [-0.25, -0.2) is 9.36 Å². The SMILES string of the molecule is C#C[C@]1(C)[C@@H]2O[P@@](=O)(OCCC(C(=O)OC(C)C)C(=O)OC(C)C)OC[C@H]2O[C@H]1N1C=CC(=C)NC1=O. The Morgan fingerprint density at radius 1 is 1.30 bits per heavy atom. The standard InChI is InChI=1S/C24H33N2O10P/c1-8-24(7)19-18(35-22(24)26-11-9-16(6)25-23(26)29)13-32-37(30,36-19)31-12-10-17(20(27)33-14(2)3)21(28)34-15(4)5/h1,9,11,14-15,17-19,22H,6,10,12-13H2,2-5,7H3,(H,25,29)/t18-,19-,22-,24-,37+/m1/s1. The van der Waals surface area contributed by atoms with Crippen molar-refractivity contribution in [2.45, 2.75) is 71.7 Å². The number of phosphoric acid groups is 1. The van der Waals surface area contributed by atoms with Crippen LogP contribution in [-0.4, -0.2) is 66.7 Å². The van der Waals surface area contributed by atoms with Crippen LogP contribution in [0, 0.1) is 23.7 Å². The van der Waals surface area contributed by atoms with E-state index in [-0.39, 0.29) is 19.6 Å². The van der Waals surface area contributed by atoms with Crippen molar-refractivity contribution in [2.24, 2.45) is 11.3 Å². The van der Waals surface area contributed by atoms with Gasteiger partial charge in [0.25, 0.3) is 0 Å². The van der Waals surface area contributed by atoms with Crippen molar-refractivity contribution in [1.82, 2.24) is 10.2 Å². The van der Waals surface area contributed by atoms with Crippen molar-refractivity contribution in [3.8, 4) is 12.3 Å². The molecule has 0 unspecified atom stereocenters. The van der Waals surface area contributed by atoms with Gasteiger partial charge in [0, 0.05) is 11.9 Å². The summed E-state index contributed by atoms with van der Waals surface area (Å²) in [7, 11) is -4.17. The average Bonchev–Trinajstić information content (AvgIpc) is 3.07. The molecule has 2 saturated heterocycles. The van der Waals surface area contributed by atoms with Crippen LogP contribution in [0.5, 0.6) is 0 Å². The highest BCUT2D eigenvalue weighted by atomic mass is 31.2. The van der Waals surface area contributed by atoms with Crippen LogP contribution < -0.4 is 5.32 Å². The van der Waals surface area contributed by atoms with E-state index in [0.29, 0.717) is 5.70 Å². The van der Waals surface area contributed by atoms with Crippen LogP contribution in [0.4, 0.5) is 4.79 Å². The summed E-state index contributed by atoms with van der Waals surface area (Å²) < 4.78 is 46.1. The van der Waals surface area contributed by atoms with E-state index in [0.717, 1.165) is 0 Å². The number of nitrogens with one attached hydrogen (secondary N) is 1. The number of nitrogens with zero attached hydrogens (tertiary/aromatic N) is 1. The Balaban J connectivity index is 1.69. The highest BCUT2D eigenvalue weighted by Crippen LogP contribution is 2.59. The highest BCUT2D eigenvalue weighted by molar-refractivity contribution is 7.48. The van der Waals surface area contributed by atoms with Crippen LogP contribution in [0.3, 0.4) is 0 Å². The van der Waals surface area contributed by atoms with Crippen LogP contribution >= 0.6 is 7.82 Å². The number of carbonyl (C=O) groups excluding carboxylic acids is 3. The molecule has 3 rings (SSSR count). The summed E-state index contributed by atoms with van der Waals surface area (Å²) in [5, 5.41) is 2.58. The summed E-state index contributed by atoms with van der Waals surface area (Å²) in [5.74, 6) is -0.238. The molecule has 0 aromatic carbocycles. The number of carbonyl (C=O) groups is 3. The number of rotatable bonds is 9. The van der Waals surface area contributed by atoms with E-state index >= 15 is 0 Å². The lowest BCUT2D eigenvalue weighted by Crippen LogP contribution is -2.52. The zero-order valence-corrected chi connectivity index (χ0v) is 22.4. The molecule has 0 spiro atoms. The number of esters is 2. The summed E-state index contributed by atoms with van der Waals surface area (Å²) in [6.07, 6.45) is 5.19. The number of amides is 2. The number of hydrogen-bond donors (Lipinski definition) is 1. The molecule has 2 fully saturated rings. The molecule has 0 aromatic heterocycles. The number of urea groups is 1. The molecule has 2 amide bonds. The lowest BCUT2D eigenvalue weighted by Gasteiger charge is -2.37. The molecule has 13 heteroatoms. The zero-order valence-electron chi connectivity index (χ0n) is 21.5. The summed E-state index contributed by atoms with van der Waals surface area (Å²) in [5.41, 5.74) is -0.817. The molecule has 0 aliphatic carbocycles. The number of terminal acetylenes is 1. The molecule has 204 valence electrons. The minimum absolute atomic E-state index is 0.184. The van der Waals surface area contributed by atoms with Crippen LogP contribution in [0.2, 0.25) is 0 Å². The van der Waals surface area contributed by atoms with Gasteiger partial charge in [-0.15, -0.1) is 6.42 Å². The Labute approximate surface area is 216 Å². The molecule has 3 aliphatic heterocycles. The first-order chi connectivity index (χ1) is 17.3. The second-order valence-corrected chi connectivity index (χ2v) is 11.2. The third kappa shape index (κ3) is 6.43. The molecule has 12 nitrogen and oxygen atoms in total. The van der Waals surface area contributed by atoms with E-state index in [4.69, 9.17) is 34.2 Å². The van der Waals surface area contributed by atoms with Crippen molar-refractivity contribution < 1.29 is 46.7 Å². The maximum Gasteiger partial charge on any atom is 0.475 e. The Hall–Kier alpha value is -2.68. The molecule has 1 N–H and O–H groups in total. The van der Waals surface area contributed by atoms with Crippen LogP contribution in [-0.2, 0) is 41.9 Å². The van der Waals surface area contributed by atoms with E-state index in [2.05, 4.69) is 17.8 Å². The predicted octanol–water partition coefficient (Wildman–Crippen LogP) is 2.85. The third-order valence-corrected chi connectivity index (χ3v) is 7.27. The monoisotopic (exact) mass is 540 g/mol. The van der Waals surface area contributed by atoms with Crippen molar-refractivity contribution >= 4 is 25.8 Å². The predicted molar refractivity (Wildman–Crippen MR) is 129 cm³/mol. The Kier molecular flexibility index (Phi) is 8.88. The van der Waals surface area contributed by atoms with Gasteiger partial charge in [0.2, 0.25) is 0 Å². The summed E-state index contributed by atoms with van der Waals surface area (Å²) in [6.45, 7) is 11.4. The van der Waals surface area contributed by atoms with E-state index in [1.54, 1.807) is 40.7 Å². The highest BCUT2D eigenvalue weighted by Gasteiger charge is 2.61. The van der Waals surface area contributed by atoms with Crippen molar-refractivity contribution in [3.63, 3.8) is 0 Å². The zero-order chi connectivity index (χ0) is 27.5. The van der Waals surface area contributed by atoms with Gasteiger partial charge in [0.15, 0.2) is 12.1 Å². The Morgan fingerprint density at radius 2 is 1.92 bits per heavy atom. The number of phosphoric ester groups is 1. The smallest absolute Gasteiger partial charge is 0.462 e. The third-order valence-electron chi connectivity index (χ3n) is 5.82. The quantitative estimate of drug-likeness (QED) is 0.201. The Morgan fingerprint density at radius 3 is 2.46 bits per heavy atom. The summed E-state index contributed by atoms with van der Waals surface area (Å²) >= 11 is 0. The maximum absolute atomic E-state index is 13.3. The van der Waals surface area contributed by atoms with Gasteiger partial charge in [-0.3, -0.25) is 28.1 Å². The molecule has 3 heterocycles. The minimum Gasteiger partial charge on any atom is -0.462 e. The Bertz CT molecular complexity index is 1030. The number of fused-ring (bicyclic) bond motifs is 1. The van der Waals surface area contributed by atoms with Gasteiger partial charge in [-0.05, 0) is 47.1 Å². The van der Waals surface area contributed by atoms with Crippen molar-refractivity contribution in [2.75, 3.05) is 13.2 Å². The second-order valence-electron chi connectivity index (χ2n) is 9.55. The van der Waals surface area contributed by atoms with Gasteiger partial charge in [0.1, 0.15) is 17.6 Å². The molecule has 5 atom stereocenters. The molecule has 0 aromatic rings. The number of allylic oxidation sites excluding steroid dienone is 1. The van der Waals surface area contributed by atoms with Crippen molar-refractivity contribution in [1.29, 1.82) is 0 Å². The fourth-order valence-electron chi connectivity index (χ4n) is 4.03. The first-order valence-corrected chi connectivity index (χ1v) is 13.3. The topological polar surface area (TPSA) is 139 Å². The first-order valence-electron chi connectivity index (χ1n) is 11.9. The second kappa shape index (κ2) is 11.4. The molecular formula is C24H33N2O10P. The molecule has 0 radical (unpaired) electrons. The molecule has 37 heavy (non-hydrogen) atoms. The fraction of sp³-hybridized carbons (Fsp3) is 0.625. The lowest BCUT2D eigenvalue weighted by atomic mass is 9.83. The largest absolute Gasteiger partial charge is 0.475 e. The lowest BCUT2D eigenvalue weighted by molar-refractivity contribution is -0.167. The van der Waals surface area contributed by atoms with E-state index in [1.807, 2.05) is 0 Å².